The van der Waals surface area contributed by atoms with Gasteiger partial charge in [-0.05, 0) is 12.1 Å². The van der Waals surface area contributed by atoms with Gasteiger partial charge in [-0.25, -0.2) is 9.59 Å². The molecule has 1 aliphatic rings. The minimum atomic E-state index is -1.73. The molecule has 0 aliphatic carbocycles. The van der Waals surface area contributed by atoms with Crippen LogP contribution in [-0.4, -0.2) is 62.7 Å². The number of carbonyl (C=O) groups excluding carboxylic acids is 1. The minimum Gasteiger partial charge on any atom is -0.504 e. The third-order valence-electron chi connectivity index (χ3n) is 5.53. The first kappa shape index (κ1) is 21.8. The summed E-state index contributed by atoms with van der Waals surface area (Å²) in [5.41, 5.74) is -3.02. The maximum absolute atomic E-state index is 12.6. The standard InChI is InChI=1S/C21H16O13/c1-5(22)31-10-4-30-21(16(27)14(10)25)32-9-3-7-12-11-6(19(28)34-18(12)15(9)26)2-8(23)13(24)17(11)33-20(7)29/h2-3,10,14,16,21,23-27H,4H2,1H3. The van der Waals surface area contributed by atoms with E-state index in [4.69, 9.17) is 23.0 Å². The molecule has 0 bridgehead atoms. The number of ether oxygens (including phenoxy) is 3. The number of carbonyl (C=O) groups is 1. The first-order valence-electron chi connectivity index (χ1n) is 9.83. The number of benzene rings is 2. The van der Waals surface area contributed by atoms with Gasteiger partial charge in [0.15, 0.2) is 28.8 Å². The molecule has 3 heterocycles. The summed E-state index contributed by atoms with van der Waals surface area (Å²) in [7, 11) is 0. The third kappa shape index (κ3) is 3.09. The Morgan fingerprint density at radius 1 is 0.941 bits per heavy atom. The van der Waals surface area contributed by atoms with Gasteiger partial charge in [-0.3, -0.25) is 4.79 Å². The van der Waals surface area contributed by atoms with Crippen molar-refractivity contribution in [3.05, 3.63) is 33.0 Å². The molecule has 0 radical (unpaired) electrons. The molecule has 4 unspecified atom stereocenters. The molecule has 4 aromatic rings. The number of hydrogen-bond acceptors (Lipinski definition) is 13. The normalized spacial score (nSPS) is 23.0. The highest BCUT2D eigenvalue weighted by molar-refractivity contribution is 6.22. The first-order valence-corrected chi connectivity index (χ1v) is 9.83. The van der Waals surface area contributed by atoms with Crippen LogP contribution in [0.2, 0.25) is 0 Å². The topological polar surface area (TPSA) is 206 Å². The number of aliphatic hydroxyl groups is 2. The van der Waals surface area contributed by atoms with Gasteiger partial charge >= 0.3 is 17.2 Å². The Hall–Kier alpha value is -4.07. The molecule has 2 aromatic carbocycles. The molecule has 13 nitrogen and oxygen atoms in total. The third-order valence-corrected chi connectivity index (χ3v) is 5.53. The maximum atomic E-state index is 12.6. The van der Waals surface area contributed by atoms with Crippen LogP contribution in [0.25, 0.3) is 32.7 Å². The van der Waals surface area contributed by atoms with Crippen molar-refractivity contribution in [1.29, 1.82) is 0 Å². The van der Waals surface area contributed by atoms with Crippen molar-refractivity contribution in [2.24, 2.45) is 0 Å². The first-order chi connectivity index (χ1) is 16.1. The lowest BCUT2D eigenvalue weighted by Gasteiger charge is -2.36. The second kappa shape index (κ2) is 7.48. The van der Waals surface area contributed by atoms with Gasteiger partial charge in [-0.1, -0.05) is 0 Å². The Balaban J connectivity index is 1.65. The Labute approximate surface area is 186 Å². The monoisotopic (exact) mass is 476 g/mol. The number of aliphatic hydroxyl groups excluding tert-OH is 2. The molecule has 34 heavy (non-hydrogen) atoms. The second-order valence-corrected chi connectivity index (χ2v) is 7.70. The fourth-order valence-corrected chi connectivity index (χ4v) is 3.97. The second-order valence-electron chi connectivity index (χ2n) is 7.70. The van der Waals surface area contributed by atoms with Gasteiger partial charge in [0.2, 0.25) is 17.8 Å². The molecule has 1 fully saturated rings. The van der Waals surface area contributed by atoms with Crippen molar-refractivity contribution < 1.29 is 53.4 Å². The summed E-state index contributed by atoms with van der Waals surface area (Å²) in [5, 5.41) is 50.6. The van der Waals surface area contributed by atoms with E-state index in [-0.39, 0.29) is 28.2 Å². The lowest BCUT2D eigenvalue weighted by Crippen LogP contribution is -2.56. The van der Waals surface area contributed by atoms with Crippen molar-refractivity contribution >= 4 is 38.7 Å². The molecular weight excluding hydrogens is 460 g/mol. The number of aromatic hydroxyl groups is 3. The zero-order valence-corrected chi connectivity index (χ0v) is 17.2. The van der Waals surface area contributed by atoms with Crippen LogP contribution in [-0.2, 0) is 14.3 Å². The average Bonchev–Trinajstić information content (AvgIpc) is 2.78. The van der Waals surface area contributed by atoms with Gasteiger partial charge in [-0.2, -0.15) is 0 Å². The van der Waals surface area contributed by atoms with E-state index in [1.165, 1.54) is 0 Å². The summed E-state index contributed by atoms with van der Waals surface area (Å²) in [6, 6.07) is 1.96. The highest BCUT2D eigenvalue weighted by atomic mass is 16.7. The summed E-state index contributed by atoms with van der Waals surface area (Å²) < 4.78 is 25.9. The Morgan fingerprint density at radius 3 is 2.15 bits per heavy atom. The van der Waals surface area contributed by atoms with Crippen molar-refractivity contribution in [1.82, 2.24) is 0 Å². The van der Waals surface area contributed by atoms with E-state index in [9.17, 15) is 39.9 Å². The molecule has 13 heteroatoms. The van der Waals surface area contributed by atoms with Crippen molar-refractivity contribution in [3.63, 3.8) is 0 Å². The van der Waals surface area contributed by atoms with Gasteiger partial charge in [0, 0.05) is 17.7 Å². The van der Waals surface area contributed by atoms with E-state index in [1.54, 1.807) is 0 Å². The lowest BCUT2D eigenvalue weighted by atomic mass is 10.0. The van der Waals surface area contributed by atoms with Gasteiger partial charge in [-0.15, -0.1) is 0 Å². The van der Waals surface area contributed by atoms with E-state index in [0.717, 1.165) is 19.1 Å². The fraction of sp³-hybridized carbons (Fsp3) is 0.286. The van der Waals surface area contributed by atoms with Crippen LogP contribution in [0.4, 0.5) is 0 Å². The molecule has 0 spiro atoms. The van der Waals surface area contributed by atoms with E-state index < -0.39 is 76.0 Å². The number of phenols is 3. The smallest absolute Gasteiger partial charge is 0.344 e. The van der Waals surface area contributed by atoms with Gasteiger partial charge in [0.05, 0.1) is 17.4 Å². The Kier molecular flexibility index (Phi) is 4.79. The van der Waals surface area contributed by atoms with Gasteiger partial charge < -0.3 is 48.6 Å². The summed E-state index contributed by atoms with van der Waals surface area (Å²) in [4.78, 5) is 36.3. The molecule has 1 aliphatic heterocycles. The highest BCUT2D eigenvalue weighted by Crippen LogP contribution is 2.45. The Morgan fingerprint density at radius 2 is 1.53 bits per heavy atom. The van der Waals surface area contributed by atoms with Crippen LogP contribution in [0.5, 0.6) is 23.0 Å². The summed E-state index contributed by atoms with van der Waals surface area (Å²) >= 11 is 0. The Bertz CT molecular complexity index is 1570. The molecule has 0 amide bonds. The van der Waals surface area contributed by atoms with E-state index in [2.05, 4.69) is 0 Å². The van der Waals surface area contributed by atoms with E-state index >= 15 is 0 Å². The zero-order valence-electron chi connectivity index (χ0n) is 17.2. The molecule has 5 rings (SSSR count). The number of esters is 1. The highest BCUT2D eigenvalue weighted by Gasteiger charge is 2.42. The molecule has 5 N–H and O–H groups in total. The van der Waals surface area contributed by atoms with Crippen LogP contribution < -0.4 is 16.0 Å². The van der Waals surface area contributed by atoms with Crippen molar-refractivity contribution in [2.45, 2.75) is 31.5 Å². The molecule has 0 saturated carbocycles. The number of rotatable bonds is 3. The molecule has 2 aromatic heterocycles. The van der Waals surface area contributed by atoms with Gasteiger partial charge in [0.25, 0.3) is 0 Å². The quantitative estimate of drug-likeness (QED) is 0.114. The van der Waals surface area contributed by atoms with Crippen LogP contribution >= 0.6 is 0 Å². The molecule has 178 valence electrons. The van der Waals surface area contributed by atoms with Crippen molar-refractivity contribution in [3.8, 4) is 23.0 Å². The van der Waals surface area contributed by atoms with Gasteiger partial charge in [0.1, 0.15) is 12.2 Å². The molecular formula is C21H16O13. The SMILES string of the molecule is CC(=O)OC1COC(Oc2cc3c(=O)oc4c(O)c(O)cc5c(=O)oc(c2O)c3c45)C(O)C1O. The molecule has 4 atom stereocenters. The minimum absolute atomic E-state index is 0.0772. The largest absolute Gasteiger partial charge is 0.504 e. The zero-order chi connectivity index (χ0) is 24.5. The lowest BCUT2D eigenvalue weighted by molar-refractivity contribution is -0.247. The number of hydrogen-bond donors (Lipinski definition) is 5. The maximum Gasteiger partial charge on any atom is 0.344 e. The predicted octanol–water partition coefficient (Wildman–Crippen LogP) is -0.00420. The van der Waals surface area contributed by atoms with E-state index in [0.29, 0.717) is 0 Å². The van der Waals surface area contributed by atoms with Crippen LogP contribution in [0.1, 0.15) is 6.92 Å². The summed E-state index contributed by atoms with van der Waals surface area (Å²) in [5.74, 6) is -3.42. The van der Waals surface area contributed by atoms with Crippen molar-refractivity contribution in [2.75, 3.05) is 6.61 Å². The number of phenolic OH excluding ortho intramolecular Hbond substituents is 3. The van der Waals surface area contributed by atoms with E-state index in [1.807, 2.05) is 0 Å². The van der Waals surface area contributed by atoms with Crippen LogP contribution in [0, 0.1) is 0 Å². The molecule has 1 saturated heterocycles. The predicted molar refractivity (Wildman–Crippen MR) is 110 cm³/mol. The van der Waals surface area contributed by atoms with Crippen LogP contribution in [0.15, 0.2) is 30.6 Å². The average molecular weight is 476 g/mol. The fourth-order valence-electron chi connectivity index (χ4n) is 3.97. The summed E-state index contributed by atoms with van der Waals surface area (Å²) in [6.07, 6.45) is -6.05. The van der Waals surface area contributed by atoms with Crippen LogP contribution in [0.3, 0.4) is 0 Å². The summed E-state index contributed by atoms with van der Waals surface area (Å²) in [6.45, 7) is 0.765.